The van der Waals surface area contributed by atoms with Gasteiger partial charge in [0.15, 0.2) is 5.76 Å². The summed E-state index contributed by atoms with van der Waals surface area (Å²) < 4.78 is 5.33. The quantitative estimate of drug-likeness (QED) is 0.692. The second kappa shape index (κ2) is 10.0. The molecular weight excluding hydrogens is 368 g/mol. The number of furan rings is 1. The number of hydrogen-bond acceptors (Lipinski definition) is 4. The zero-order valence-corrected chi connectivity index (χ0v) is 18.2. The normalized spacial score (nSPS) is 11.8. The molecule has 0 unspecified atom stereocenters. The van der Waals surface area contributed by atoms with Crippen LogP contribution in [0.2, 0.25) is 0 Å². The average molecular weight is 401 g/mol. The molecule has 7 nitrogen and oxygen atoms in total. The fraction of sp³-hybridized carbons (Fsp3) is 0.455. The van der Waals surface area contributed by atoms with E-state index in [1.165, 1.54) is 6.26 Å². The van der Waals surface area contributed by atoms with E-state index in [4.69, 9.17) is 4.42 Å². The number of anilines is 2. The summed E-state index contributed by atoms with van der Waals surface area (Å²) in [7, 11) is 3.92. The van der Waals surface area contributed by atoms with E-state index in [2.05, 4.69) is 10.6 Å². The highest BCUT2D eigenvalue weighted by Gasteiger charge is 2.24. The SMILES string of the molecule is CC[C@@H](C)N(Cc1cc(NC(=O)NC(C)C)ccc1N(C)C)C(=O)c1ccco1. The third-order valence-electron chi connectivity index (χ3n) is 4.70. The molecule has 2 N–H and O–H groups in total. The van der Waals surface area contributed by atoms with Crippen molar-refractivity contribution < 1.29 is 14.0 Å². The van der Waals surface area contributed by atoms with E-state index in [0.29, 0.717) is 18.0 Å². The second-order valence-electron chi connectivity index (χ2n) is 7.66. The lowest BCUT2D eigenvalue weighted by molar-refractivity contribution is 0.0639. The van der Waals surface area contributed by atoms with E-state index < -0.39 is 0 Å². The van der Waals surface area contributed by atoms with Crippen LogP contribution in [0.25, 0.3) is 0 Å². The second-order valence-corrected chi connectivity index (χ2v) is 7.66. The van der Waals surface area contributed by atoms with Gasteiger partial charge in [-0.2, -0.15) is 0 Å². The molecule has 1 heterocycles. The molecule has 29 heavy (non-hydrogen) atoms. The van der Waals surface area contributed by atoms with E-state index in [-0.39, 0.29) is 24.0 Å². The number of carbonyl (C=O) groups is 2. The van der Waals surface area contributed by atoms with E-state index in [1.807, 2.05) is 64.9 Å². The van der Waals surface area contributed by atoms with Gasteiger partial charge < -0.3 is 24.9 Å². The highest BCUT2D eigenvalue weighted by molar-refractivity contribution is 5.92. The molecule has 2 aromatic rings. The lowest BCUT2D eigenvalue weighted by Crippen LogP contribution is -2.38. The Hall–Kier alpha value is -2.96. The van der Waals surface area contributed by atoms with Gasteiger partial charge in [-0.15, -0.1) is 0 Å². The Kier molecular flexibility index (Phi) is 7.70. The minimum Gasteiger partial charge on any atom is -0.459 e. The standard InChI is InChI=1S/C22H32N4O3/c1-7-16(4)26(21(27)20-9-8-12-29-20)14-17-13-18(10-11-19(17)25(5)6)24-22(28)23-15(2)3/h8-13,15-16H,7,14H2,1-6H3,(H2,23,24,28)/t16-/m1/s1. The molecule has 2 rings (SSSR count). The Morgan fingerprint density at radius 3 is 2.41 bits per heavy atom. The number of benzene rings is 1. The number of rotatable bonds is 8. The van der Waals surface area contributed by atoms with Gasteiger partial charge in [0.05, 0.1) is 6.26 Å². The van der Waals surface area contributed by atoms with Crippen molar-refractivity contribution in [2.75, 3.05) is 24.3 Å². The first kappa shape index (κ1) is 22.3. The van der Waals surface area contributed by atoms with Crippen molar-refractivity contribution in [2.45, 2.75) is 52.7 Å². The molecule has 0 bridgehead atoms. The first-order valence-corrected chi connectivity index (χ1v) is 9.95. The van der Waals surface area contributed by atoms with Crippen molar-refractivity contribution >= 4 is 23.3 Å². The third kappa shape index (κ3) is 6.01. The lowest BCUT2D eigenvalue weighted by Gasteiger charge is -2.30. The smallest absolute Gasteiger partial charge is 0.319 e. The van der Waals surface area contributed by atoms with Crippen LogP contribution >= 0.6 is 0 Å². The summed E-state index contributed by atoms with van der Waals surface area (Å²) in [4.78, 5) is 28.9. The van der Waals surface area contributed by atoms with Crippen LogP contribution in [0.5, 0.6) is 0 Å². The summed E-state index contributed by atoms with van der Waals surface area (Å²) >= 11 is 0. The Labute approximate surface area is 173 Å². The van der Waals surface area contributed by atoms with Gasteiger partial charge in [-0.05, 0) is 63.1 Å². The predicted octanol–water partition coefficient (Wildman–Crippen LogP) is 4.32. The van der Waals surface area contributed by atoms with E-state index >= 15 is 0 Å². The summed E-state index contributed by atoms with van der Waals surface area (Å²) in [6.45, 7) is 8.29. The zero-order chi connectivity index (χ0) is 21.6. The van der Waals surface area contributed by atoms with Gasteiger partial charge in [-0.1, -0.05) is 6.92 Å². The van der Waals surface area contributed by atoms with Gasteiger partial charge in [0.25, 0.3) is 5.91 Å². The van der Waals surface area contributed by atoms with Gasteiger partial charge in [-0.3, -0.25) is 4.79 Å². The van der Waals surface area contributed by atoms with Crippen molar-refractivity contribution in [1.82, 2.24) is 10.2 Å². The molecule has 3 amide bonds. The van der Waals surface area contributed by atoms with Crippen molar-refractivity contribution in [1.29, 1.82) is 0 Å². The van der Waals surface area contributed by atoms with E-state index in [0.717, 1.165) is 17.7 Å². The van der Waals surface area contributed by atoms with Crippen LogP contribution < -0.4 is 15.5 Å². The zero-order valence-electron chi connectivity index (χ0n) is 18.2. The van der Waals surface area contributed by atoms with Crippen LogP contribution in [0.3, 0.4) is 0 Å². The minimum absolute atomic E-state index is 0.0310. The highest BCUT2D eigenvalue weighted by Crippen LogP contribution is 2.26. The Morgan fingerprint density at radius 2 is 1.86 bits per heavy atom. The van der Waals surface area contributed by atoms with Crippen LogP contribution in [0.1, 0.15) is 50.2 Å². The molecule has 1 atom stereocenters. The first-order chi connectivity index (χ1) is 13.7. The topological polar surface area (TPSA) is 77.8 Å². The minimum atomic E-state index is -0.256. The molecule has 0 spiro atoms. The Balaban J connectivity index is 2.34. The lowest BCUT2D eigenvalue weighted by atomic mass is 10.1. The third-order valence-corrected chi connectivity index (χ3v) is 4.70. The number of carbonyl (C=O) groups excluding carboxylic acids is 2. The molecule has 0 aliphatic carbocycles. The first-order valence-electron chi connectivity index (χ1n) is 9.95. The maximum absolute atomic E-state index is 13.0. The summed E-state index contributed by atoms with van der Waals surface area (Å²) in [5.74, 6) is 0.173. The molecule has 0 aliphatic heterocycles. The summed E-state index contributed by atoms with van der Waals surface area (Å²) in [5, 5.41) is 5.68. The molecule has 0 radical (unpaired) electrons. The fourth-order valence-corrected chi connectivity index (χ4v) is 3.03. The molecule has 1 aromatic carbocycles. The molecule has 1 aromatic heterocycles. The molecule has 0 fully saturated rings. The Bertz CT molecular complexity index is 815. The van der Waals surface area contributed by atoms with Crippen molar-refractivity contribution in [3.8, 4) is 0 Å². The molecule has 0 saturated carbocycles. The molecule has 0 saturated heterocycles. The maximum atomic E-state index is 13.0. The number of nitrogens with zero attached hydrogens (tertiary/aromatic N) is 2. The molecule has 0 aliphatic rings. The number of urea groups is 1. The van der Waals surface area contributed by atoms with E-state index in [9.17, 15) is 9.59 Å². The molecule has 7 heteroatoms. The van der Waals surface area contributed by atoms with Gasteiger partial charge in [-0.25, -0.2) is 4.79 Å². The van der Waals surface area contributed by atoms with Crippen LogP contribution in [0.4, 0.5) is 16.2 Å². The molecular formula is C22H32N4O3. The number of nitrogens with one attached hydrogen (secondary N) is 2. The summed E-state index contributed by atoms with van der Waals surface area (Å²) in [6.07, 6.45) is 2.32. The monoisotopic (exact) mass is 400 g/mol. The van der Waals surface area contributed by atoms with Crippen LogP contribution in [-0.2, 0) is 6.54 Å². The van der Waals surface area contributed by atoms with Crippen molar-refractivity contribution in [3.63, 3.8) is 0 Å². The molecule has 158 valence electrons. The number of amides is 3. The van der Waals surface area contributed by atoms with Crippen molar-refractivity contribution in [3.05, 3.63) is 47.9 Å². The van der Waals surface area contributed by atoms with Crippen molar-refractivity contribution in [2.24, 2.45) is 0 Å². The van der Waals surface area contributed by atoms with Crippen LogP contribution in [0, 0.1) is 0 Å². The fourth-order valence-electron chi connectivity index (χ4n) is 3.03. The highest BCUT2D eigenvalue weighted by atomic mass is 16.3. The van der Waals surface area contributed by atoms with E-state index in [1.54, 1.807) is 17.0 Å². The van der Waals surface area contributed by atoms with Crippen LogP contribution in [0.15, 0.2) is 41.0 Å². The predicted molar refractivity (Wildman–Crippen MR) is 116 cm³/mol. The largest absolute Gasteiger partial charge is 0.459 e. The maximum Gasteiger partial charge on any atom is 0.319 e. The Morgan fingerprint density at radius 1 is 1.14 bits per heavy atom. The average Bonchev–Trinajstić information content (AvgIpc) is 3.19. The number of hydrogen-bond donors (Lipinski definition) is 2. The van der Waals surface area contributed by atoms with Gasteiger partial charge in [0, 0.05) is 44.1 Å². The van der Waals surface area contributed by atoms with Gasteiger partial charge in [0.2, 0.25) is 0 Å². The van der Waals surface area contributed by atoms with Crippen LogP contribution in [-0.4, -0.2) is 43.0 Å². The van der Waals surface area contributed by atoms with Gasteiger partial charge in [0.1, 0.15) is 0 Å². The summed E-state index contributed by atoms with van der Waals surface area (Å²) in [6, 6.07) is 8.94. The summed E-state index contributed by atoms with van der Waals surface area (Å²) in [5.41, 5.74) is 2.61. The van der Waals surface area contributed by atoms with Gasteiger partial charge >= 0.3 is 6.03 Å².